The molecule has 0 aliphatic carbocycles. The van der Waals surface area contributed by atoms with Crippen molar-refractivity contribution in [3.63, 3.8) is 0 Å². The van der Waals surface area contributed by atoms with Crippen molar-refractivity contribution in [2.24, 2.45) is 35.3 Å². The summed E-state index contributed by atoms with van der Waals surface area (Å²) >= 11 is 0. The highest BCUT2D eigenvalue weighted by molar-refractivity contribution is 6.12. The molecule has 31 nitrogen and oxygen atoms in total. The summed E-state index contributed by atoms with van der Waals surface area (Å²) in [6.07, 6.45) is 2.66. The third-order valence-electron chi connectivity index (χ3n) is 19.9. The van der Waals surface area contributed by atoms with Crippen LogP contribution in [0, 0.1) is 29.6 Å². The standard InChI is InChI=1S/C79H125N13O18/c1-18-50(8)67(59(107-16)45-63(96)91-44-28-33-58(91)69(108-17)51(9)70(98)83-52(10)68(97)54-29-21-19-22-30-54)89(14)75(103)65(48(4)5)88-74(102)66(49(6)7)90(15)78(106)109-46-53-35-37-55(38-36-53)84-71(99)57(32-27-42-81-76(80)104)86-73(101)64(47(2)3)87-72(100)56(31-24-25-41-82-77(105)110-79(11,12)13)85-60(93)34-23-20-26-43-92-61(94)39-40-62(92)95/h19,21-22,29-30,35-40,47-52,56-59,64-69,97H,18,20,23-28,31-34,41-46H2,1-17H3,(H,82,105)(H,83,98)(H,84,99)(H,85,93)(H,86,101)(H,87,100)(H,88,102)(H3,80,81,104)/t50-,51+,52-,56-,57-,58-,59-,64-,65-,66-,67-,68-,69+/m0/s1. The summed E-state index contributed by atoms with van der Waals surface area (Å²) in [6, 6.07) is 7.01. The fourth-order valence-corrected chi connectivity index (χ4v) is 13.6. The van der Waals surface area contributed by atoms with Crippen molar-refractivity contribution in [2.45, 2.75) is 252 Å². The number of urea groups is 1. The molecule has 0 radical (unpaired) electrons. The molecule has 0 aromatic heterocycles. The van der Waals surface area contributed by atoms with Crippen molar-refractivity contribution < 1.29 is 86.4 Å². The second kappa shape index (κ2) is 45.8. The van der Waals surface area contributed by atoms with Gasteiger partial charge in [-0.1, -0.05) is 118 Å². The number of ether oxygens (including phenoxy) is 4. The van der Waals surface area contributed by atoms with Gasteiger partial charge in [-0.3, -0.25) is 57.7 Å². The van der Waals surface area contributed by atoms with Crippen molar-refractivity contribution in [1.82, 2.24) is 56.8 Å². The molecule has 0 bridgehead atoms. The van der Waals surface area contributed by atoms with E-state index in [1.165, 1.54) is 38.3 Å². The molecule has 1 fully saturated rings. The van der Waals surface area contributed by atoms with E-state index in [4.69, 9.17) is 24.7 Å². The van der Waals surface area contributed by atoms with Gasteiger partial charge in [-0.25, -0.2) is 14.4 Å². The van der Waals surface area contributed by atoms with Crippen LogP contribution in [-0.2, 0) is 73.5 Å². The van der Waals surface area contributed by atoms with Gasteiger partial charge in [0.05, 0.1) is 48.8 Å². The van der Waals surface area contributed by atoms with Crippen LogP contribution in [-0.4, -0.2) is 223 Å². The van der Waals surface area contributed by atoms with Crippen LogP contribution in [0.2, 0.25) is 0 Å². The average Bonchev–Trinajstić information content (AvgIpc) is 1.43. The minimum Gasteiger partial charge on any atom is -0.445 e. The number of benzene rings is 2. The lowest BCUT2D eigenvalue weighted by Gasteiger charge is -2.41. The lowest BCUT2D eigenvalue weighted by atomic mass is 9.89. The molecule has 2 heterocycles. The van der Waals surface area contributed by atoms with Crippen LogP contribution in [0.4, 0.5) is 20.1 Å². The van der Waals surface area contributed by atoms with E-state index in [9.17, 15) is 67.4 Å². The minimum absolute atomic E-state index is 0.000757. The van der Waals surface area contributed by atoms with Gasteiger partial charge in [0.1, 0.15) is 42.4 Å². The molecule has 2 aromatic rings. The first-order valence-electron chi connectivity index (χ1n) is 38.5. The monoisotopic (exact) mass is 1540 g/mol. The number of nitrogens with two attached hydrogens (primary N) is 1. The summed E-state index contributed by atoms with van der Waals surface area (Å²) in [5.74, 6) is -7.32. The number of aliphatic hydroxyl groups is 1. The second-order valence-electron chi connectivity index (χ2n) is 30.8. The molecule has 0 spiro atoms. The molecule has 110 heavy (non-hydrogen) atoms. The number of primary amides is 1. The number of aliphatic hydroxyl groups excluding tert-OH is 1. The number of anilines is 1. The Morgan fingerprint density at radius 3 is 1.85 bits per heavy atom. The molecule has 614 valence electrons. The number of methoxy groups -OCH3 is 2. The van der Waals surface area contributed by atoms with Crippen LogP contribution in [0.1, 0.15) is 191 Å². The van der Waals surface area contributed by atoms with Gasteiger partial charge < -0.3 is 82.1 Å². The molecule has 4 rings (SSSR count). The number of carbonyl (C=O) groups is 13. The zero-order valence-corrected chi connectivity index (χ0v) is 67.6. The van der Waals surface area contributed by atoms with Crippen LogP contribution in [0.5, 0.6) is 0 Å². The normalized spacial score (nSPS) is 16.9. The number of nitrogens with one attached hydrogen (secondary N) is 8. The van der Waals surface area contributed by atoms with Gasteiger partial charge in [0.25, 0.3) is 11.8 Å². The van der Waals surface area contributed by atoms with Crippen molar-refractivity contribution >= 4 is 83.0 Å². The maximum absolute atomic E-state index is 14.9. The highest BCUT2D eigenvalue weighted by Gasteiger charge is 2.44. The SMILES string of the molecule is CC[C@H](C)[C@@H]([C@H](CC(=O)N1CCC[C@H]1[C@H](OC)[C@@H](C)C(=O)N[C@@H](C)[C@H](O)c1ccccc1)OC)N(C)C(=O)[C@@H](NC(=O)[C@H](C(C)C)N(C)C(=O)OCc1ccc(NC(=O)[C@H](CCCNC(N)=O)NC(=O)[C@@H](NC(=O)[C@H](CCCCNC(=O)OC(C)(C)C)NC(=O)CCCCCN2C(=O)C=CC2=O)C(C)C)cc1)C(C)C. The first-order chi connectivity index (χ1) is 51.8. The predicted molar refractivity (Wildman–Crippen MR) is 413 cm³/mol. The Morgan fingerprint density at radius 2 is 1.26 bits per heavy atom. The van der Waals surface area contributed by atoms with Gasteiger partial charge in [-0.15, -0.1) is 0 Å². The van der Waals surface area contributed by atoms with E-state index in [0.29, 0.717) is 69.0 Å². The molecule has 0 unspecified atom stereocenters. The van der Waals surface area contributed by atoms with E-state index >= 15 is 0 Å². The number of imide groups is 1. The molecule has 13 atom stereocenters. The number of rotatable bonds is 45. The number of alkyl carbamates (subject to hydrolysis) is 1. The topological polar surface area (TPSA) is 414 Å². The molecule has 0 saturated carbocycles. The van der Waals surface area contributed by atoms with E-state index < -0.39 is 161 Å². The zero-order valence-electron chi connectivity index (χ0n) is 67.6. The summed E-state index contributed by atoms with van der Waals surface area (Å²) in [6.45, 7) is 23.6. The number of hydrogen-bond acceptors (Lipinski definition) is 18. The Bertz CT molecular complexity index is 3390. The number of unbranched alkanes of at least 4 members (excludes halogenated alkanes) is 3. The summed E-state index contributed by atoms with van der Waals surface area (Å²) in [5.41, 5.74) is 6.02. The van der Waals surface area contributed by atoms with Gasteiger partial charge in [0, 0.05) is 78.8 Å². The Kier molecular flexibility index (Phi) is 38.8. The van der Waals surface area contributed by atoms with Crippen molar-refractivity contribution in [3.8, 4) is 0 Å². The van der Waals surface area contributed by atoms with Gasteiger partial charge in [-0.05, 0) is 132 Å². The molecule has 2 aromatic carbocycles. The van der Waals surface area contributed by atoms with E-state index in [-0.39, 0.29) is 81.8 Å². The summed E-state index contributed by atoms with van der Waals surface area (Å²) in [5, 5.41) is 33.1. The molecule has 11 N–H and O–H groups in total. The third-order valence-corrected chi connectivity index (χ3v) is 19.9. The lowest BCUT2D eigenvalue weighted by Crippen LogP contribution is -2.60. The number of likely N-dealkylation sites (tertiary alicyclic amines) is 1. The number of likely N-dealkylation sites (N-methyl/N-ethyl adjacent to an activating group) is 2. The molecule has 2 aliphatic heterocycles. The second-order valence-corrected chi connectivity index (χ2v) is 30.8. The van der Waals surface area contributed by atoms with Crippen LogP contribution in [0.3, 0.4) is 0 Å². The fraction of sp³-hybridized carbons (Fsp3) is 0.658. The minimum atomic E-state index is -1.23. The van der Waals surface area contributed by atoms with E-state index in [1.54, 1.807) is 125 Å². The molecule has 2 aliphatic rings. The Balaban J connectivity index is 1.42. The number of nitrogens with zero attached hydrogens (tertiary/aromatic N) is 4. The average molecular weight is 1540 g/mol. The fourth-order valence-electron chi connectivity index (χ4n) is 13.6. The van der Waals surface area contributed by atoms with E-state index in [0.717, 1.165) is 9.80 Å². The Labute approximate surface area is 648 Å². The van der Waals surface area contributed by atoms with Crippen molar-refractivity contribution in [2.75, 3.05) is 59.8 Å². The third kappa shape index (κ3) is 29.5. The van der Waals surface area contributed by atoms with Gasteiger partial charge in [-0.2, -0.15) is 0 Å². The molecular weight excluding hydrogens is 1420 g/mol. The van der Waals surface area contributed by atoms with E-state index in [1.807, 2.05) is 32.0 Å². The first-order valence-corrected chi connectivity index (χ1v) is 38.5. The van der Waals surface area contributed by atoms with Crippen molar-refractivity contribution in [1.29, 1.82) is 0 Å². The van der Waals surface area contributed by atoms with Crippen molar-refractivity contribution in [3.05, 3.63) is 77.9 Å². The summed E-state index contributed by atoms with van der Waals surface area (Å²) in [4.78, 5) is 181. The largest absolute Gasteiger partial charge is 0.445 e. The predicted octanol–water partition coefficient (Wildman–Crippen LogP) is 6.26. The molecule has 14 amide bonds. The Hall–Kier alpha value is -9.23. The Morgan fingerprint density at radius 1 is 0.655 bits per heavy atom. The summed E-state index contributed by atoms with van der Waals surface area (Å²) in [7, 11) is 6.04. The lowest BCUT2D eigenvalue weighted by molar-refractivity contribution is -0.148. The highest BCUT2D eigenvalue weighted by atomic mass is 16.6. The van der Waals surface area contributed by atoms with Crippen LogP contribution < -0.4 is 48.3 Å². The molecule has 1 saturated heterocycles. The smallest absolute Gasteiger partial charge is 0.410 e. The van der Waals surface area contributed by atoms with Gasteiger partial charge >= 0.3 is 18.2 Å². The quantitative estimate of drug-likeness (QED) is 0.0258. The van der Waals surface area contributed by atoms with Crippen LogP contribution in [0.15, 0.2) is 66.7 Å². The zero-order chi connectivity index (χ0) is 82.3. The van der Waals surface area contributed by atoms with Gasteiger partial charge in [0.15, 0.2) is 0 Å². The van der Waals surface area contributed by atoms with Gasteiger partial charge in [0.2, 0.25) is 47.3 Å². The highest BCUT2D eigenvalue weighted by Crippen LogP contribution is 2.31. The maximum atomic E-state index is 14.9. The van der Waals surface area contributed by atoms with Crippen LogP contribution >= 0.6 is 0 Å². The molecule has 31 heteroatoms. The number of carbonyl (C=O) groups excluding carboxylic acids is 13. The van der Waals surface area contributed by atoms with E-state index in [2.05, 4.69) is 42.5 Å². The summed E-state index contributed by atoms with van der Waals surface area (Å²) < 4.78 is 23.1. The molecular formula is C79H125N13O18. The maximum Gasteiger partial charge on any atom is 0.410 e. The first kappa shape index (κ1) is 93.2. The number of hydrogen-bond donors (Lipinski definition) is 10. The van der Waals surface area contributed by atoms with Crippen LogP contribution in [0.25, 0.3) is 0 Å². The number of amides is 14.